The number of anilines is 1. The fourth-order valence-corrected chi connectivity index (χ4v) is 4.39. The molecule has 2 N–H and O–H groups in total. The number of halogens is 3. The van der Waals surface area contributed by atoms with Crippen LogP contribution in [0.2, 0.25) is 0 Å². The van der Waals surface area contributed by atoms with Gasteiger partial charge in [0.1, 0.15) is 18.2 Å². The Balaban J connectivity index is 1.53. The van der Waals surface area contributed by atoms with Crippen LogP contribution in [0.15, 0.2) is 46.9 Å². The highest BCUT2D eigenvalue weighted by Gasteiger charge is 2.54. The van der Waals surface area contributed by atoms with Crippen LogP contribution in [0.25, 0.3) is 0 Å². The maximum Gasteiger partial charge on any atom is 0.322 e. The molecule has 3 amide bonds. The van der Waals surface area contributed by atoms with Crippen molar-refractivity contribution in [3.8, 4) is 0 Å². The summed E-state index contributed by atoms with van der Waals surface area (Å²) in [5.74, 6) is -1.86. The van der Waals surface area contributed by atoms with Gasteiger partial charge in [-0.3, -0.25) is 4.79 Å². The molecule has 0 spiro atoms. The maximum absolute atomic E-state index is 13.8. The fourth-order valence-electron chi connectivity index (χ4n) is 4.13. The smallest absolute Gasteiger partial charge is 0.322 e. The number of hydrogen-bond acceptors (Lipinski definition) is 3. The van der Waals surface area contributed by atoms with Crippen LogP contribution in [-0.4, -0.2) is 58.6 Å². The number of aliphatic hydroxyl groups is 1. The van der Waals surface area contributed by atoms with E-state index in [1.807, 2.05) is 24.3 Å². The van der Waals surface area contributed by atoms with Crippen molar-refractivity contribution in [3.05, 3.63) is 64.1 Å². The second kappa shape index (κ2) is 7.72. The van der Waals surface area contributed by atoms with Gasteiger partial charge in [-0.15, -0.1) is 0 Å². The van der Waals surface area contributed by atoms with Crippen LogP contribution < -0.4 is 5.32 Å². The minimum atomic E-state index is -0.763. The monoisotopic (exact) mass is 465 g/mol. The van der Waals surface area contributed by atoms with E-state index in [4.69, 9.17) is 0 Å². The van der Waals surface area contributed by atoms with Crippen LogP contribution in [0, 0.1) is 11.6 Å². The summed E-state index contributed by atoms with van der Waals surface area (Å²) in [7, 11) is 0. The first-order chi connectivity index (χ1) is 13.9. The Morgan fingerprint density at radius 1 is 1.21 bits per heavy atom. The fraction of sp³-hybridized carbons (Fsp3) is 0.300. The molecule has 9 heteroatoms. The number of benzene rings is 2. The number of nitrogens with zero attached hydrogens (tertiary/aromatic N) is 2. The number of carbonyl (C=O) groups is 2. The molecule has 0 radical (unpaired) electrons. The first-order valence-electron chi connectivity index (χ1n) is 9.07. The van der Waals surface area contributed by atoms with Crippen molar-refractivity contribution < 1.29 is 23.5 Å². The Hall–Kier alpha value is -2.52. The molecular formula is C20H18BrF2N3O3. The average molecular weight is 466 g/mol. The number of amides is 3. The standard InChI is InChI=1S/C20H18BrF2N3O3/c21-12-3-1-11(2-4-12)19-16-8-25(9-18(28)26(16)17(19)10-27)20(29)24-15-7-13(22)5-6-14(15)23/h1-7,16-17,19,27H,8-10H2,(H,24,29)/t16-,17-,19+/m0/s1. The van der Waals surface area contributed by atoms with Crippen LogP contribution in [0.5, 0.6) is 0 Å². The largest absolute Gasteiger partial charge is 0.394 e. The van der Waals surface area contributed by atoms with E-state index in [1.54, 1.807) is 4.90 Å². The first kappa shape index (κ1) is 19.8. The zero-order chi connectivity index (χ0) is 20.7. The second-order valence-corrected chi connectivity index (χ2v) is 8.05. The normalized spacial score (nSPS) is 23.4. The Morgan fingerprint density at radius 2 is 1.93 bits per heavy atom. The molecule has 2 aromatic carbocycles. The maximum atomic E-state index is 13.8. The molecule has 2 aromatic rings. The summed E-state index contributed by atoms with van der Waals surface area (Å²) in [5, 5.41) is 12.1. The van der Waals surface area contributed by atoms with Crippen molar-refractivity contribution in [1.29, 1.82) is 0 Å². The molecule has 0 aromatic heterocycles. The first-order valence-corrected chi connectivity index (χ1v) is 9.87. The second-order valence-electron chi connectivity index (χ2n) is 7.13. The molecule has 0 bridgehead atoms. The molecule has 4 rings (SSSR count). The van der Waals surface area contributed by atoms with Crippen LogP contribution in [0.3, 0.4) is 0 Å². The van der Waals surface area contributed by atoms with Gasteiger partial charge in [-0.25, -0.2) is 13.6 Å². The minimum absolute atomic E-state index is 0.126. The van der Waals surface area contributed by atoms with Gasteiger partial charge in [0.25, 0.3) is 0 Å². The summed E-state index contributed by atoms with van der Waals surface area (Å²) in [6.45, 7) is -0.141. The molecule has 29 heavy (non-hydrogen) atoms. The Labute approximate surface area is 174 Å². The van der Waals surface area contributed by atoms with E-state index in [1.165, 1.54) is 4.90 Å². The van der Waals surface area contributed by atoms with Gasteiger partial charge in [-0.05, 0) is 29.8 Å². The zero-order valence-electron chi connectivity index (χ0n) is 15.2. The number of carbonyl (C=O) groups excluding carboxylic acids is 2. The highest BCUT2D eigenvalue weighted by atomic mass is 79.9. The number of piperazine rings is 1. The van der Waals surface area contributed by atoms with E-state index in [0.29, 0.717) is 0 Å². The highest BCUT2D eigenvalue weighted by Crippen LogP contribution is 2.43. The average Bonchev–Trinajstić information content (AvgIpc) is 2.67. The van der Waals surface area contributed by atoms with E-state index < -0.39 is 17.7 Å². The van der Waals surface area contributed by atoms with Crippen molar-refractivity contribution in [2.45, 2.75) is 18.0 Å². The molecule has 2 saturated heterocycles. The van der Waals surface area contributed by atoms with Gasteiger partial charge in [0.05, 0.1) is 24.4 Å². The lowest BCUT2D eigenvalue weighted by Gasteiger charge is -2.58. The number of hydrogen-bond donors (Lipinski definition) is 2. The SMILES string of the molecule is O=C(Nc1cc(F)ccc1F)N1CC(=O)N2[C@@H](CO)[C@H](c3ccc(Br)cc3)[C@@H]2C1. The Morgan fingerprint density at radius 3 is 2.62 bits per heavy atom. The summed E-state index contributed by atoms with van der Waals surface area (Å²) in [4.78, 5) is 28.1. The van der Waals surface area contributed by atoms with E-state index in [9.17, 15) is 23.5 Å². The molecule has 6 nitrogen and oxygen atoms in total. The van der Waals surface area contributed by atoms with Gasteiger partial charge in [0.15, 0.2) is 0 Å². The van der Waals surface area contributed by atoms with Gasteiger partial charge in [0.2, 0.25) is 5.91 Å². The van der Waals surface area contributed by atoms with Gasteiger partial charge in [-0.1, -0.05) is 28.1 Å². The van der Waals surface area contributed by atoms with Crippen LogP contribution in [0.4, 0.5) is 19.3 Å². The topological polar surface area (TPSA) is 72.9 Å². The predicted molar refractivity (Wildman–Crippen MR) is 105 cm³/mol. The quantitative estimate of drug-likeness (QED) is 0.731. The molecule has 2 aliphatic heterocycles. The molecule has 3 atom stereocenters. The summed E-state index contributed by atoms with van der Waals surface area (Å²) >= 11 is 3.38. The van der Waals surface area contributed by atoms with Crippen LogP contribution in [0.1, 0.15) is 11.5 Å². The molecule has 2 aliphatic rings. The van der Waals surface area contributed by atoms with E-state index in [2.05, 4.69) is 21.2 Å². The van der Waals surface area contributed by atoms with Crippen molar-refractivity contribution in [1.82, 2.24) is 9.80 Å². The third-order valence-electron chi connectivity index (χ3n) is 5.46. The van der Waals surface area contributed by atoms with E-state index >= 15 is 0 Å². The Bertz CT molecular complexity index is 956. The molecule has 0 saturated carbocycles. The third kappa shape index (κ3) is 3.60. The van der Waals surface area contributed by atoms with Crippen molar-refractivity contribution in [3.63, 3.8) is 0 Å². The van der Waals surface area contributed by atoms with E-state index in [0.717, 1.165) is 28.2 Å². The summed E-state index contributed by atoms with van der Waals surface area (Å²) in [5.41, 5.74) is 0.677. The van der Waals surface area contributed by atoms with Crippen LogP contribution in [-0.2, 0) is 4.79 Å². The minimum Gasteiger partial charge on any atom is -0.394 e. The van der Waals surface area contributed by atoms with Gasteiger partial charge >= 0.3 is 6.03 Å². The lowest BCUT2D eigenvalue weighted by atomic mass is 9.74. The number of nitrogens with one attached hydrogen (secondary N) is 1. The van der Waals surface area contributed by atoms with Gasteiger partial charge < -0.3 is 20.2 Å². The summed E-state index contributed by atoms with van der Waals surface area (Å²) in [6.07, 6.45) is 0. The zero-order valence-corrected chi connectivity index (χ0v) is 16.8. The predicted octanol–water partition coefficient (Wildman–Crippen LogP) is 2.93. The number of fused-ring (bicyclic) bond motifs is 1. The van der Waals surface area contributed by atoms with Crippen LogP contribution >= 0.6 is 15.9 Å². The summed E-state index contributed by atoms with van der Waals surface area (Å²) in [6, 6.07) is 9.06. The lowest BCUT2D eigenvalue weighted by Crippen LogP contribution is -2.73. The van der Waals surface area contributed by atoms with Crippen molar-refractivity contribution in [2.24, 2.45) is 0 Å². The van der Waals surface area contributed by atoms with Crippen molar-refractivity contribution >= 4 is 33.6 Å². The number of rotatable bonds is 3. The molecule has 0 aliphatic carbocycles. The van der Waals surface area contributed by atoms with Crippen molar-refractivity contribution in [2.75, 3.05) is 25.0 Å². The van der Waals surface area contributed by atoms with Gasteiger partial charge in [-0.2, -0.15) is 0 Å². The molecule has 2 heterocycles. The van der Waals surface area contributed by atoms with Gasteiger partial charge in [0, 0.05) is 23.0 Å². The number of aliphatic hydroxyl groups excluding tert-OH is 1. The van der Waals surface area contributed by atoms with E-state index in [-0.39, 0.29) is 49.3 Å². The Kier molecular flexibility index (Phi) is 5.26. The molecule has 2 fully saturated rings. The third-order valence-corrected chi connectivity index (χ3v) is 5.99. The summed E-state index contributed by atoms with van der Waals surface area (Å²) < 4.78 is 28.1. The molecule has 152 valence electrons. The highest BCUT2D eigenvalue weighted by molar-refractivity contribution is 9.10. The molecular weight excluding hydrogens is 448 g/mol. The number of urea groups is 1. The lowest BCUT2D eigenvalue weighted by molar-refractivity contribution is -0.159. The molecule has 0 unspecified atom stereocenters.